The van der Waals surface area contributed by atoms with Crippen LogP contribution in [-0.2, 0) is 9.53 Å². The van der Waals surface area contributed by atoms with Gasteiger partial charge >= 0.3 is 5.97 Å². The number of carbonyl (C=O) groups is 1. The molecule has 0 amide bonds. The van der Waals surface area contributed by atoms with Crippen molar-refractivity contribution in [3.8, 4) is 10.8 Å². The molecule has 2 aromatic heterocycles. The molecule has 0 fully saturated rings. The Kier molecular flexibility index (Phi) is 5.30. The van der Waals surface area contributed by atoms with Crippen LogP contribution in [0.2, 0.25) is 0 Å². The van der Waals surface area contributed by atoms with Gasteiger partial charge in [-0.05, 0) is 29.5 Å². The monoisotopic (exact) mass is 390 g/mol. The van der Waals surface area contributed by atoms with Crippen LogP contribution in [0.3, 0.4) is 0 Å². The number of ether oxygens (including phenoxy) is 1. The van der Waals surface area contributed by atoms with Crippen molar-refractivity contribution in [1.82, 2.24) is 10.2 Å². The van der Waals surface area contributed by atoms with Crippen molar-refractivity contribution in [3.05, 3.63) is 95.2 Å². The Hall–Kier alpha value is -3.25. The molecule has 0 radical (unpaired) electrons. The zero-order valence-electron chi connectivity index (χ0n) is 15.2. The molecule has 0 saturated carbocycles. The summed E-state index contributed by atoms with van der Waals surface area (Å²) < 4.78 is 11.4. The molecule has 0 saturated heterocycles. The largest absolute Gasteiger partial charge is 0.452 e. The van der Waals surface area contributed by atoms with Crippen LogP contribution >= 0.6 is 11.3 Å². The molecule has 0 aliphatic rings. The SMILES string of the molecule is C[C@@H](OC(=O)C(c1ccccc1)c1ccccc1)c1nnc(-c2cccs2)o1. The first-order valence-electron chi connectivity index (χ1n) is 8.90. The molecule has 140 valence electrons. The molecular formula is C22H18N2O3S. The molecule has 0 aliphatic heterocycles. The van der Waals surface area contributed by atoms with Crippen LogP contribution in [0.1, 0.15) is 36.0 Å². The van der Waals surface area contributed by atoms with E-state index in [9.17, 15) is 4.79 Å². The molecule has 2 aromatic carbocycles. The lowest BCUT2D eigenvalue weighted by molar-refractivity contribution is -0.150. The van der Waals surface area contributed by atoms with Crippen molar-refractivity contribution in [2.24, 2.45) is 0 Å². The summed E-state index contributed by atoms with van der Waals surface area (Å²) in [6.07, 6.45) is -0.649. The molecule has 4 rings (SSSR count). The first-order chi connectivity index (χ1) is 13.7. The highest BCUT2D eigenvalue weighted by molar-refractivity contribution is 7.13. The maximum Gasteiger partial charge on any atom is 0.318 e. The number of nitrogens with zero attached hydrogens (tertiary/aromatic N) is 2. The number of hydrogen-bond donors (Lipinski definition) is 0. The van der Waals surface area contributed by atoms with Crippen LogP contribution in [0.5, 0.6) is 0 Å². The van der Waals surface area contributed by atoms with Gasteiger partial charge in [0.15, 0.2) is 6.10 Å². The smallest absolute Gasteiger partial charge is 0.318 e. The quantitative estimate of drug-likeness (QED) is 0.422. The number of hydrogen-bond acceptors (Lipinski definition) is 6. The molecule has 28 heavy (non-hydrogen) atoms. The van der Waals surface area contributed by atoms with E-state index in [4.69, 9.17) is 9.15 Å². The Morgan fingerprint density at radius 1 is 0.929 bits per heavy atom. The van der Waals surface area contributed by atoms with Crippen LogP contribution in [0.25, 0.3) is 10.8 Å². The first-order valence-corrected chi connectivity index (χ1v) is 9.78. The summed E-state index contributed by atoms with van der Waals surface area (Å²) in [4.78, 5) is 13.9. The fourth-order valence-electron chi connectivity index (χ4n) is 2.95. The number of esters is 1. The van der Waals surface area contributed by atoms with Gasteiger partial charge in [-0.3, -0.25) is 4.79 Å². The second-order valence-electron chi connectivity index (χ2n) is 6.26. The molecule has 0 aliphatic carbocycles. The zero-order chi connectivity index (χ0) is 19.3. The molecule has 0 unspecified atom stereocenters. The fourth-order valence-corrected chi connectivity index (χ4v) is 3.59. The van der Waals surface area contributed by atoms with Gasteiger partial charge in [0, 0.05) is 0 Å². The van der Waals surface area contributed by atoms with E-state index >= 15 is 0 Å². The summed E-state index contributed by atoms with van der Waals surface area (Å²) in [6.45, 7) is 1.73. The maximum absolute atomic E-state index is 13.1. The van der Waals surface area contributed by atoms with E-state index in [0.29, 0.717) is 5.89 Å². The molecule has 0 N–H and O–H groups in total. The first kappa shape index (κ1) is 18.1. The van der Waals surface area contributed by atoms with Crippen LogP contribution in [-0.4, -0.2) is 16.2 Å². The van der Waals surface area contributed by atoms with Crippen LogP contribution < -0.4 is 0 Å². The van der Waals surface area contributed by atoms with E-state index < -0.39 is 12.0 Å². The standard InChI is InChI=1S/C22H18N2O3S/c1-15(20-23-24-21(27-20)18-13-8-14-28-18)26-22(25)19(16-9-4-2-5-10-16)17-11-6-3-7-12-17/h2-15,19H,1H3/t15-/m1/s1. The zero-order valence-corrected chi connectivity index (χ0v) is 16.0. The van der Waals surface area contributed by atoms with Gasteiger partial charge in [0.1, 0.15) is 5.92 Å². The summed E-state index contributed by atoms with van der Waals surface area (Å²) >= 11 is 1.51. The number of thiophene rings is 1. The van der Waals surface area contributed by atoms with Crippen molar-refractivity contribution in [3.63, 3.8) is 0 Å². The van der Waals surface area contributed by atoms with Crippen molar-refractivity contribution in [1.29, 1.82) is 0 Å². The molecule has 2 heterocycles. The third-order valence-corrected chi connectivity index (χ3v) is 5.17. The predicted molar refractivity (Wildman–Crippen MR) is 107 cm³/mol. The van der Waals surface area contributed by atoms with Crippen LogP contribution in [0.4, 0.5) is 0 Å². The third kappa shape index (κ3) is 3.87. The number of benzene rings is 2. The lowest BCUT2D eigenvalue weighted by Gasteiger charge is -2.19. The molecule has 6 heteroatoms. The summed E-state index contributed by atoms with van der Waals surface area (Å²) in [5.41, 5.74) is 1.74. The maximum atomic E-state index is 13.1. The van der Waals surface area contributed by atoms with Gasteiger partial charge in [-0.2, -0.15) is 0 Å². The van der Waals surface area contributed by atoms with Gasteiger partial charge in [-0.25, -0.2) is 0 Å². The van der Waals surface area contributed by atoms with E-state index in [0.717, 1.165) is 16.0 Å². The minimum atomic E-state index is -0.649. The summed E-state index contributed by atoms with van der Waals surface area (Å²) in [7, 11) is 0. The second kappa shape index (κ2) is 8.19. The Balaban J connectivity index is 1.56. The molecule has 0 bridgehead atoms. The summed E-state index contributed by atoms with van der Waals surface area (Å²) in [5.74, 6) is -0.183. The molecule has 4 aromatic rings. The minimum absolute atomic E-state index is 0.275. The van der Waals surface area contributed by atoms with E-state index in [1.165, 1.54) is 11.3 Å². The Labute approximate surface area is 166 Å². The van der Waals surface area contributed by atoms with Gasteiger partial charge in [-0.15, -0.1) is 21.5 Å². The summed E-state index contributed by atoms with van der Waals surface area (Å²) in [6, 6.07) is 23.0. The molecule has 5 nitrogen and oxygen atoms in total. The lowest BCUT2D eigenvalue weighted by atomic mass is 9.91. The van der Waals surface area contributed by atoms with Crippen molar-refractivity contribution < 1.29 is 13.9 Å². The number of rotatable bonds is 6. The van der Waals surface area contributed by atoms with Gasteiger partial charge in [0.05, 0.1) is 4.88 Å². The van der Waals surface area contributed by atoms with Crippen molar-refractivity contribution in [2.45, 2.75) is 18.9 Å². The second-order valence-corrected chi connectivity index (χ2v) is 7.20. The van der Waals surface area contributed by atoms with Crippen molar-refractivity contribution in [2.75, 3.05) is 0 Å². The highest BCUT2D eigenvalue weighted by Crippen LogP contribution is 2.30. The number of carbonyl (C=O) groups excluding carboxylic acids is 1. The van der Waals surface area contributed by atoms with E-state index in [1.54, 1.807) is 6.92 Å². The lowest BCUT2D eigenvalue weighted by Crippen LogP contribution is -2.19. The Morgan fingerprint density at radius 3 is 2.14 bits per heavy atom. The topological polar surface area (TPSA) is 65.2 Å². The average molecular weight is 390 g/mol. The fraction of sp³-hybridized carbons (Fsp3) is 0.136. The average Bonchev–Trinajstić information content (AvgIpc) is 3.42. The minimum Gasteiger partial charge on any atom is -0.452 e. The van der Waals surface area contributed by atoms with Gasteiger partial charge < -0.3 is 9.15 Å². The van der Waals surface area contributed by atoms with Crippen LogP contribution in [0.15, 0.2) is 82.6 Å². The highest BCUT2D eigenvalue weighted by Gasteiger charge is 2.28. The number of aromatic nitrogens is 2. The normalized spacial score (nSPS) is 12.1. The van der Waals surface area contributed by atoms with Gasteiger partial charge in [-0.1, -0.05) is 66.7 Å². The van der Waals surface area contributed by atoms with E-state index in [-0.39, 0.29) is 11.9 Å². The van der Waals surface area contributed by atoms with Gasteiger partial charge in [0.2, 0.25) is 0 Å². The summed E-state index contributed by atoms with van der Waals surface area (Å²) in [5, 5.41) is 10.0. The predicted octanol–water partition coefficient (Wildman–Crippen LogP) is 5.23. The Morgan fingerprint density at radius 2 is 1.57 bits per heavy atom. The van der Waals surface area contributed by atoms with Crippen LogP contribution in [0, 0.1) is 0 Å². The van der Waals surface area contributed by atoms with E-state index in [1.807, 2.05) is 78.2 Å². The van der Waals surface area contributed by atoms with E-state index in [2.05, 4.69) is 10.2 Å². The molecular weight excluding hydrogens is 372 g/mol. The Bertz CT molecular complexity index is 991. The highest BCUT2D eigenvalue weighted by atomic mass is 32.1. The molecule has 0 spiro atoms. The third-order valence-electron chi connectivity index (χ3n) is 4.31. The van der Waals surface area contributed by atoms with Crippen molar-refractivity contribution >= 4 is 17.3 Å². The molecule has 1 atom stereocenters. The van der Waals surface area contributed by atoms with Gasteiger partial charge in [0.25, 0.3) is 11.8 Å².